The number of hydrogen-bond donors (Lipinski definition) is 0. The fourth-order valence-corrected chi connectivity index (χ4v) is 15.4. The smallest absolute Gasteiger partial charge is 0.252 e. The zero-order valence-corrected chi connectivity index (χ0v) is 49.0. The van der Waals surface area contributed by atoms with Gasteiger partial charge in [0.2, 0.25) is 0 Å². The molecule has 4 aliphatic heterocycles. The summed E-state index contributed by atoms with van der Waals surface area (Å²) in [6, 6.07) is 78.2. The van der Waals surface area contributed by atoms with Crippen molar-refractivity contribution in [1.29, 1.82) is 0 Å². The van der Waals surface area contributed by atoms with Gasteiger partial charge in [-0.05, 0) is 163 Å². The lowest BCUT2D eigenvalue weighted by molar-refractivity contribution is 0.195. The monoisotopic (exact) mass is 1040 g/mol. The van der Waals surface area contributed by atoms with Gasteiger partial charge in [-0.2, -0.15) is 0 Å². The van der Waals surface area contributed by atoms with Crippen molar-refractivity contribution in [2.75, 3.05) is 14.7 Å². The van der Waals surface area contributed by atoms with Crippen LogP contribution in [0.15, 0.2) is 200 Å². The van der Waals surface area contributed by atoms with Crippen LogP contribution in [0.3, 0.4) is 0 Å². The maximum atomic E-state index is 2.82. The average Bonchev–Trinajstić information content (AvgIpc) is 3.51. The van der Waals surface area contributed by atoms with Crippen molar-refractivity contribution < 1.29 is 0 Å². The minimum atomic E-state index is -0.151. The van der Waals surface area contributed by atoms with Crippen LogP contribution >= 0.6 is 0 Å². The van der Waals surface area contributed by atoms with E-state index in [1.807, 2.05) is 0 Å². The van der Waals surface area contributed by atoms with E-state index in [-0.39, 0.29) is 45.7 Å². The number of hydrogen-bond acceptors (Lipinski definition) is 3. The molecular weight excluding hydrogens is 966 g/mol. The number of fused-ring (bicyclic) bond motifs is 3. The third-order valence-electron chi connectivity index (χ3n) is 19.9. The Morgan fingerprint density at radius 3 is 1.36 bits per heavy atom. The van der Waals surface area contributed by atoms with Crippen molar-refractivity contribution in [2.45, 2.75) is 141 Å². The maximum absolute atomic E-state index is 2.82. The second kappa shape index (κ2) is 18.0. The molecule has 3 atom stereocenters. The van der Waals surface area contributed by atoms with Gasteiger partial charge in [0.05, 0.1) is 5.54 Å². The molecule has 3 unspecified atom stereocenters. The molecule has 9 aromatic rings. The van der Waals surface area contributed by atoms with Crippen LogP contribution in [0.25, 0.3) is 11.1 Å². The average molecular weight is 1040 g/mol. The van der Waals surface area contributed by atoms with E-state index in [9.17, 15) is 0 Å². The van der Waals surface area contributed by atoms with E-state index in [1.54, 1.807) is 0 Å². The molecule has 1 aliphatic carbocycles. The minimum absolute atomic E-state index is 0.000840. The molecule has 1 saturated carbocycles. The minimum Gasteiger partial charge on any atom is -0.334 e. The molecule has 0 bridgehead atoms. The first-order valence-corrected chi connectivity index (χ1v) is 29.7. The predicted octanol–water partition coefficient (Wildman–Crippen LogP) is 18.3. The molecule has 0 saturated heterocycles. The lowest BCUT2D eigenvalue weighted by Crippen LogP contribution is -2.66. The van der Waals surface area contributed by atoms with Crippen molar-refractivity contribution in [3.63, 3.8) is 0 Å². The summed E-state index contributed by atoms with van der Waals surface area (Å²) < 4.78 is 0. The summed E-state index contributed by atoms with van der Waals surface area (Å²) in [4.78, 5) is 8.25. The number of para-hydroxylation sites is 1. The Bertz CT molecular complexity index is 3840. The van der Waals surface area contributed by atoms with E-state index >= 15 is 0 Å². The molecule has 1 fully saturated rings. The van der Waals surface area contributed by atoms with Gasteiger partial charge in [0.25, 0.3) is 6.71 Å². The molecule has 0 spiro atoms. The van der Waals surface area contributed by atoms with Crippen LogP contribution in [0.1, 0.15) is 158 Å². The lowest BCUT2D eigenvalue weighted by Gasteiger charge is -2.52. The third-order valence-corrected chi connectivity index (χ3v) is 19.9. The summed E-state index contributed by atoms with van der Waals surface area (Å²) in [6.45, 7) is 26.6. The SMILES string of the molecule is CC(C)(C)c1ccc(N2c3cc(C(C)(C)C)cc4c3B3c5c(cc(C(C)(C)C)cc5N(c5ccc(-c6ccccc6)cc5)c5cc(N6c7ccccc7C7(C)CCCCC67C)cc2c53)C4C(c2ccccc2)c2ccccc2)cc1. The summed E-state index contributed by atoms with van der Waals surface area (Å²) in [5.74, 6) is 0.0176. The number of nitrogens with zero attached hydrogens (tertiary/aromatic N) is 3. The molecule has 0 radical (unpaired) electrons. The molecule has 0 N–H and O–H groups in total. The summed E-state index contributed by atoms with van der Waals surface area (Å²) in [5, 5.41) is 0. The molecular formula is C76H76BN3. The van der Waals surface area contributed by atoms with E-state index in [2.05, 4.69) is 291 Å². The summed E-state index contributed by atoms with van der Waals surface area (Å²) in [7, 11) is 0. The Morgan fingerprint density at radius 2 is 0.850 bits per heavy atom. The highest BCUT2D eigenvalue weighted by Crippen LogP contribution is 2.62. The third kappa shape index (κ3) is 7.60. The molecule has 3 nitrogen and oxygen atoms in total. The predicted molar refractivity (Wildman–Crippen MR) is 341 cm³/mol. The van der Waals surface area contributed by atoms with Crippen LogP contribution in [-0.4, -0.2) is 12.3 Å². The number of rotatable bonds is 7. The van der Waals surface area contributed by atoms with Crippen LogP contribution in [0.5, 0.6) is 0 Å². The van der Waals surface area contributed by atoms with E-state index in [4.69, 9.17) is 0 Å². The molecule has 4 heteroatoms. The molecule has 14 rings (SSSR count). The van der Waals surface area contributed by atoms with Gasteiger partial charge in [0.1, 0.15) is 0 Å². The zero-order chi connectivity index (χ0) is 55.3. The van der Waals surface area contributed by atoms with Gasteiger partial charge in [0.15, 0.2) is 0 Å². The Hall–Kier alpha value is -7.56. The van der Waals surface area contributed by atoms with E-state index in [0.29, 0.717) is 0 Å². The Morgan fingerprint density at radius 1 is 0.412 bits per heavy atom. The Balaban J connectivity index is 1.15. The van der Waals surface area contributed by atoms with Crippen molar-refractivity contribution >= 4 is 68.6 Å². The second-order valence-corrected chi connectivity index (χ2v) is 27.7. The highest BCUT2D eigenvalue weighted by Gasteiger charge is 2.59. The molecule has 9 aromatic carbocycles. The van der Waals surface area contributed by atoms with Gasteiger partial charge in [-0.1, -0.05) is 228 Å². The first kappa shape index (κ1) is 50.6. The summed E-state index contributed by atoms with van der Waals surface area (Å²) >= 11 is 0. The van der Waals surface area contributed by atoms with Crippen LogP contribution in [0, 0.1) is 0 Å². The van der Waals surface area contributed by atoms with Gasteiger partial charge in [-0.3, -0.25) is 0 Å². The zero-order valence-electron chi connectivity index (χ0n) is 49.0. The van der Waals surface area contributed by atoms with Crippen LogP contribution in [0.4, 0.5) is 45.5 Å². The second-order valence-electron chi connectivity index (χ2n) is 27.7. The van der Waals surface area contributed by atoms with Gasteiger partial charge < -0.3 is 14.7 Å². The van der Waals surface area contributed by atoms with Crippen LogP contribution in [-0.2, 0) is 21.7 Å². The first-order valence-electron chi connectivity index (χ1n) is 29.7. The molecule has 0 aromatic heterocycles. The molecule has 0 amide bonds. The van der Waals surface area contributed by atoms with E-state index < -0.39 is 0 Å². The fourth-order valence-electron chi connectivity index (χ4n) is 15.4. The summed E-state index contributed by atoms with van der Waals surface area (Å²) in [6.07, 6.45) is 4.77. The van der Waals surface area contributed by atoms with Crippen molar-refractivity contribution in [3.05, 3.63) is 245 Å². The lowest BCUT2D eigenvalue weighted by atomic mass is 9.29. The van der Waals surface area contributed by atoms with Gasteiger partial charge in [-0.25, -0.2) is 0 Å². The van der Waals surface area contributed by atoms with E-state index in [0.717, 1.165) is 6.42 Å². The fraction of sp³-hybridized carbons (Fsp3) is 0.289. The maximum Gasteiger partial charge on any atom is 0.252 e. The Labute approximate surface area is 477 Å². The van der Waals surface area contributed by atoms with Gasteiger partial charge >= 0.3 is 0 Å². The van der Waals surface area contributed by atoms with Gasteiger partial charge in [-0.15, -0.1) is 0 Å². The molecule has 398 valence electrons. The Kier molecular flexibility index (Phi) is 11.4. The quantitative estimate of drug-likeness (QED) is 0.147. The highest BCUT2D eigenvalue weighted by atomic mass is 15.3. The highest BCUT2D eigenvalue weighted by molar-refractivity contribution is 7.01. The van der Waals surface area contributed by atoms with Crippen molar-refractivity contribution in [1.82, 2.24) is 0 Å². The normalized spacial score (nSPS) is 19.7. The number of benzene rings is 9. The van der Waals surface area contributed by atoms with Crippen LogP contribution in [0.2, 0.25) is 0 Å². The first-order chi connectivity index (χ1) is 38.3. The molecule has 5 aliphatic rings. The largest absolute Gasteiger partial charge is 0.334 e. The van der Waals surface area contributed by atoms with Gasteiger partial charge in [0, 0.05) is 62.7 Å². The topological polar surface area (TPSA) is 9.72 Å². The van der Waals surface area contributed by atoms with E-state index in [1.165, 1.54) is 137 Å². The number of anilines is 8. The summed E-state index contributed by atoms with van der Waals surface area (Å²) in [5.41, 5.74) is 27.4. The van der Waals surface area contributed by atoms with Crippen molar-refractivity contribution in [3.8, 4) is 11.1 Å². The standard InChI is InChI=1S/C76H76BN3/c1-72(2,3)53-35-39-57(40-36-53)79-64-46-55(74(7,8)9)44-60-68(67(51-27-17-13-18-28-51)52-29-19-14-20-30-52)59-43-54(73(4,5)6)45-63-69(59)77(70(60)64)71-65(78(63)56-37-33-50(34-38-56)49-25-15-12-16-26-49)47-58(48-66(71)79)80-62-32-22-21-31-61(62)75(10)41-23-24-42-76(75,80)11/h12-22,25-40,43-48,67-68H,23-24,41-42H2,1-11H3. The van der Waals surface area contributed by atoms with Crippen LogP contribution < -0.4 is 31.1 Å². The van der Waals surface area contributed by atoms with Crippen molar-refractivity contribution in [2.24, 2.45) is 0 Å². The molecule has 80 heavy (non-hydrogen) atoms. The molecule has 4 heterocycles.